The van der Waals surface area contributed by atoms with Crippen molar-refractivity contribution in [3.63, 3.8) is 0 Å². The van der Waals surface area contributed by atoms with Crippen molar-refractivity contribution in [2.45, 2.75) is 18.9 Å². The molecular formula is C11H11I3O. The fourth-order valence-electron chi connectivity index (χ4n) is 1.29. The van der Waals surface area contributed by atoms with Crippen molar-refractivity contribution >= 4 is 67.8 Å². The van der Waals surface area contributed by atoms with Gasteiger partial charge in [-0.3, -0.25) is 0 Å². The molecule has 0 fully saturated rings. The molecule has 1 N–H and O–H groups in total. The summed E-state index contributed by atoms with van der Waals surface area (Å²) in [5.74, 6) is 0. The monoisotopic (exact) mass is 540 g/mol. The molecule has 0 saturated carbocycles. The zero-order valence-electron chi connectivity index (χ0n) is 8.01. The summed E-state index contributed by atoms with van der Waals surface area (Å²) in [4.78, 5) is 0. The highest BCUT2D eigenvalue weighted by atomic mass is 127. The van der Waals surface area contributed by atoms with Crippen molar-refractivity contribution in [2.75, 3.05) is 0 Å². The van der Waals surface area contributed by atoms with E-state index in [1.165, 1.54) is 3.57 Å². The third-order valence-electron chi connectivity index (χ3n) is 2.02. The minimum Gasteiger partial charge on any atom is -0.388 e. The van der Waals surface area contributed by atoms with E-state index in [4.69, 9.17) is 0 Å². The zero-order valence-corrected chi connectivity index (χ0v) is 14.5. The number of aliphatic hydroxyl groups excluding tert-OH is 1. The molecule has 15 heavy (non-hydrogen) atoms. The van der Waals surface area contributed by atoms with Gasteiger partial charge in [-0.25, -0.2) is 0 Å². The smallest absolute Gasteiger partial charge is 0.0813 e. The summed E-state index contributed by atoms with van der Waals surface area (Å²) in [6.45, 7) is 3.67. The van der Waals surface area contributed by atoms with Gasteiger partial charge in [0.25, 0.3) is 0 Å². The normalized spacial score (nSPS) is 12.5. The van der Waals surface area contributed by atoms with Crippen molar-refractivity contribution in [1.29, 1.82) is 0 Å². The lowest BCUT2D eigenvalue weighted by Crippen LogP contribution is -2.03. The van der Waals surface area contributed by atoms with Crippen LogP contribution in [-0.4, -0.2) is 5.11 Å². The number of hydrogen-bond donors (Lipinski definition) is 1. The van der Waals surface area contributed by atoms with Gasteiger partial charge in [0.15, 0.2) is 0 Å². The molecule has 1 aromatic carbocycles. The molecule has 0 aliphatic heterocycles. The molecular weight excluding hydrogens is 529 g/mol. The Hall–Kier alpha value is 1.11. The zero-order chi connectivity index (χ0) is 11.4. The van der Waals surface area contributed by atoms with E-state index in [-0.39, 0.29) is 6.10 Å². The van der Waals surface area contributed by atoms with Crippen molar-refractivity contribution in [3.05, 3.63) is 41.1 Å². The summed E-state index contributed by atoms with van der Waals surface area (Å²) in [5, 5.41) is 10.0. The van der Waals surface area contributed by atoms with E-state index in [1.807, 2.05) is 6.08 Å². The summed E-state index contributed by atoms with van der Waals surface area (Å²) in [7, 11) is 0. The maximum Gasteiger partial charge on any atom is 0.0813 e. The molecule has 0 heterocycles. The van der Waals surface area contributed by atoms with Crippen LogP contribution in [-0.2, 0) is 0 Å². The largest absolute Gasteiger partial charge is 0.388 e. The number of halogens is 3. The number of rotatable bonds is 4. The van der Waals surface area contributed by atoms with Crippen LogP contribution >= 0.6 is 67.8 Å². The first-order valence-corrected chi connectivity index (χ1v) is 7.73. The Bertz CT molecular complexity index is 340. The minimum atomic E-state index is -0.376. The van der Waals surface area contributed by atoms with Crippen LogP contribution in [0.25, 0.3) is 0 Å². The lowest BCUT2D eigenvalue weighted by Gasteiger charge is -2.14. The Labute approximate surface area is 131 Å². The first-order chi connectivity index (χ1) is 7.06. The SMILES string of the molecule is C=CCCC(O)c1c(I)cc(I)cc1I. The number of benzene rings is 1. The average molecular weight is 540 g/mol. The van der Waals surface area contributed by atoms with E-state index in [9.17, 15) is 5.11 Å². The highest BCUT2D eigenvalue weighted by Gasteiger charge is 2.14. The summed E-state index contributed by atoms with van der Waals surface area (Å²) < 4.78 is 3.49. The fraction of sp³-hybridized carbons (Fsp3) is 0.273. The minimum absolute atomic E-state index is 0.376. The molecule has 1 rings (SSSR count). The third-order valence-corrected chi connectivity index (χ3v) is 4.43. The molecule has 0 spiro atoms. The van der Waals surface area contributed by atoms with Gasteiger partial charge in [0.05, 0.1) is 6.10 Å². The van der Waals surface area contributed by atoms with Crippen LogP contribution in [0.2, 0.25) is 0 Å². The van der Waals surface area contributed by atoms with E-state index in [1.54, 1.807) is 0 Å². The van der Waals surface area contributed by atoms with E-state index >= 15 is 0 Å². The number of aliphatic hydroxyl groups is 1. The molecule has 1 unspecified atom stereocenters. The number of hydrogen-bond acceptors (Lipinski definition) is 1. The van der Waals surface area contributed by atoms with Gasteiger partial charge in [0.2, 0.25) is 0 Å². The summed E-state index contributed by atoms with van der Waals surface area (Å²) in [6.07, 6.45) is 3.06. The molecule has 0 aliphatic rings. The summed E-state index contributed by atoms with van der Waals surface area (Å²) in [6, 6.07) is 4.19. The lowest BCUT2D eigenvalue weighted by molar-refractivity contribution is 0.167. The van der Waals surface area contributed by atoms with Crippen molar-refractivity contribution < 1.29 is 5.11 Å². The Balaban J connectivity index is 2.97. The maximum atomic E-state index is 10.0. The van der Waals surface area contributed by atoms with E-state index in [0.29, 0.717) is 0 Å². The molecule has 0 aliphatic carbocycles. The Morgan fingerprint density at radius 2 is 1.80 bits per heavy atom. The molecule has 0 radical (unpaired) electrons. The molecule has 0 bridgehead atoms. The first kappa shape index (κ1) is 14.2. The lowest BCUT2D eigenvalue weighted by atomic mass is 10.1. The number of allylic oxidation sites excluding steroid dienone is 1. The van der Waals surface area contributed by atoms with Crippen LogP contribution in [0, 0.1) is 10.7 Å². The quantitative estimate of drug-likeness (QED) is 0.441. The second kappa shape index (κ2) is 6.75. The van der Waals surface area contributed by atoms with Crippen molar-refractivity contribution in [1.82, 2.24) is 0 Å². The van der Waals surface area contributed by atoms with E-state index in [2.05, 4.69) is 86.5 Å². The van der Waals surface area contributed by atoms with E-state index in [0.717, 1.165) is 25.5 Å². The molecule has 0 amide bonds. The van der Waals surface area contributed by atoms with Crippen LogP contribution in [0.1, 0.15) is 24.5 Å². The molecule has 1 atom stereocenters. The predicted molar refractivity (Wildman–Crippen MR) is 89.0 cm³/mol. The maximum absolute atomic E-state index is 10.0. The van der Waals surface area contributed by atoms with Crippen LogP contribution in [0.4, 0.5) is 0 Å². The van der Waals surface area contributed by atoms with Gasteiger partial charge in [0.1, 0.15) is 0 Å². The third kappa shape index (κ3) is 4.12. The van der Waals surface area contributed by atoms with Gasteiger partial charge in [-0.1, -0.05) is 6.08 Å². The van der Waals surface area contributed by atoms with Gasteiger partial charge in [-0.05, 0) is 92.7 Å². The summed E-state index contributed by atoms with van der Waals surface area (Å²) >= 11 is 6.86. The Kier molecular flexibility index (Phi) is 6.38. The topological polar surface area (TPSA) is 20.2 Å². The van der Waals surface area contributed by atoms with Gasteiger partial charge in [-0.15, -0.1) is 6.58 Å². The predicted octanol–water partition coefficient (Wildman–Crippen LogP) is 4.50. The molecule has 0 saturated heterocycles. The average Bonchev–Trinajstić information content (AvgIpc) is 2.12. The van der Waals surface area contributed by atoms with E-state index < -0.39 is 0 Å². The molecule has 82 valence electrons. The van der Waals surface area contributed by atoms with Gasteiger partial charge < -0.3 is 5.11 Å². The summed E-state index contributed by atoms with van der Waals surface area (Å²) in [5.41, 5.74) is 1.05. The van der Waals surface area contributed by atoms with Gasteiger partial charge >= 0.3 is 0 Å². The highest BCUT2D eigenvalue weighted by Crippen LogP contribution is 2.30. The van der Waals surface area contributed by atoms with Gasteiger partial charge in [-0.2, -0.15) is 0 Å². The Morgan fingerprint density at radius 1 is 1.27 bits per heavy atom. The van der Waals surface area contributed by atoms with Crippen LogP contribution in [0.5, 0.6) is 0 Å². The van der Waals surface area contributed by atoms with Crippen molar-refractivity contribution in [3.8, 4) is 0 Å². The molecule has 4 heteroatoms. The molecule has 0 aromatic heterocycles. The van der Waals surface area contributed by atoms with Crippen LogP contribution in [0.3, 0.4) is 0 Å². The fourth-order valence-corrected chi connectivity index (χ4v) is 5.59. The van der Waals surface area contributed by atoms with Gasteiger partial charge in [0, 0.05) is 16.3 Å². The van der Waals surface area contributed by atoms with Crippen LogP contribution in [0.15, 0.2) is 24.8 Å². The molecule has 1 aromatic rings. The first-order valence-electron chi connectivity index (χ1n) is 4.49. The standard InChI is InChI=1S/C11H11I3O/c1-2-3-4-10(15)11-8(13)5-7(12)6-9(11)14/h2,5-6,10,15H,1,3-4H2. The van der Waals surface area contributed by atoms with Crippen LogP contribution < -0.4 is 0 Å². The molecule has 1 nitrogen and oxygen atoms in total. The van der Waals surface area contributed by atoms with Crippen molar-refractivity contribution in [2.24, 2.45) is 0 Å². The second-order valence-corrected chi connectivity index (χ2v) is 6.73. The Morgan fingerprint density at radius 3 is 2.27 bits per heavy atom. The highest BCUT2D eigenvalue weighted by molar-refractivity contribution is 14.1. The second-order valence-electron chi connectivity index (χ2n) is 3.16.